The molecule has 0 unspecified atom stereocenters. The summed E-state index contributed by atoms with van der Waals surface area (Å²) in [5, 5.41) is 2.91. The number of unbranched alkanes of at least 4 members (excludes halogenated alkanes) is 1. The summed E-state index contributed by atoms with van der Waals surface area (Å²) in [7, 11) is 0. The van der Waals surface area contributed by atoms with Crippen molar-refractivity contribution >= 4 is 17.5 Å². The average Bonchev–Trinajstić information content (AvgIpc) is 2.69. The lowest BCUT2D eigenvalue weighted by Gasteiger charge is -2.36. The number of anilines is 2. The maximum absolute atomic E-state index is 12.2. The topological polar surface area (TPSA) is 74.2 Å². The molecule has 0 saturated carbocycles. The van der Waals surface area contributed by atoms with E-state index >= 15 is 0 Å². The van der Waals surface area contributed by atoms with Gasteiger partial charge in [0.1, 0.15) is 5.69 Å². The second-order valence-electron chi connectivity index (χ2n) is 6.03. The van der Waals surface area contributed by atoms with Crippen LogP contribution in [-0.4, -0.2) is 53.6 Å². The van der Waals surface area contributed by atoms with Gasteiger partial charge in [-0.2, -0.15) is 0 Å². The molecule has 3 rings (SSSR count). The summed E-state index contributed by atoms with van der Waals surface area (Å²) >= 11 is 0. The zero-order valence-electron chi connectivity index (χ0n) is 14.6. The average molecular weight is 340 g/mol. The van der Waals surface area contributed by atoms with Gasteiger partial charge < -0.3 is 15.1 Å². The summed E-state index contributed by atoms with van der Waals surface area (Å²) in [6.07, 6.45) is 7.27. The van der Waals surface area contributed by atoms with Crippen LogP contribution in [0, 0.1) is 0 Å². The molecular weight excluding hydrogens is 316 g/mol. The number of hydrogen-bond acceptors (Lipinski definition) is 6. The lowest BCUT2D eigenvalue weighted by molar-refractivity contribution is 0.0948. The Morgan fingerprint density at radius 2 is 1.80 bits per heavy atom. The SMILES string of the molecule is CCCCNC(=O)c1cc(N2CCN(c3ncccn3)CC2)ccn1. The highest BCUT2D eigenvalue weighted by atomic mass is 16.1. The zero-order chi connectivity index (χ0) is 17.5. The highest BCUT2D eigenvalue weighted by molar-refractivity contribution is 5.93. The first-order chi connectivity index (χ1) is 12.3. The third kappa shape index (κ3) is 4.43. The fourth-order valence-electron chi connectivity index (χ4n) is 2.83. The van der Waals surface area contributed by atoms with Gasteiger partial charge >= 0.3 is 0 Å². The van der Waals surface area contributed by atoms with Crippen LogP contribution in [0.1, 0.15) is 30.3 Å². The Morgan fingerprint density at radius 3 is 2.52 bits per heavy atom. The molecule has 7 heteroatoms. The molecule has 0 bridgehead atoms. The number of pyridine rings is 1. The van der Waals surface area contributed by atoms with Crippen molar-refractivity contribution in [1.29, 1.82) is 0 Å². The van der Waals surface area contributed by atoms with Crippen molar-refractivity contribution in [2.75, 3.05) is 42.5 Å². The van der Waals surface area contributed by atoms with Gasteiger partial charge in [0.2, 0.25) is 5.95 Å². The Balaban J connectivity index is 1.60. The summed E-state index contributed by atoms with van der Waals surface area (Å²) in [5.74, 6) is 0.666. The standard InChI is InChI=1S/C18H24N6O/c1-2-3-6-20-17(25)16-14-15(5-9-19-16)23-10-12-24(13-11-23)18-21-7-4-8-22-18/h4-5,7-9,14H,2-3,6,10-13H2,1H3,(H,20,25). The Bertz CT molecular complexity index is 685. The maximum atomic E-state index is 12.2. The van der Waals surface area contributed by atoms with E-state index in [1.165, 1.54) is 0 Å². The Labute approximate surface area is 148 Å². The number of hydrogen-bond donors (Lipinski definition) is 1. The predicted molar refractivity (Wildman–Crippen MR) is 97.9 cm³/mol. The van der Waals surface area contributed by atoms with Crippen LogP contribution in [0.5, 0.6) is 0 Å². The largest absolute Gasteiger partial charge is 0.368 e. The van der Waals surface area contributed by atoms with Gasteiger partial charge in [-0.1, -0.05) is 13.3 Å². The van der Waals surface area contributed by atoms with E-state index in [2.05, 4.69) is 37.0 Å². The lowest BCUT2D eigenvalue weighted by atomic mass is 10.2. The molecule has 2 aromatic heterocycles. The molecule has 1 aliphatic rings. The highest BCUT2D eigenvalue weighted by Crippen LogP contribution is 2.18. The Kier molecular flexibility index (Phi) is 5.77. The van der Waals surface area contributed by atoms with E-state index in [9.17, 15) is 4.79 Å². The van der Waals surface area contributed by atoms with Gasteiger partial charge in [-0.05, 0) is 24.6 Å². The number of amides is 1. The van der Waals surface area contributed by atoms with Crippen LogP contribution >= 0.6 is 0 Å². The van der Waals surface area contributed by atoms with E-state index in [-0.39, 0.29) is 5.91 Å². The van der Waals surface area contributed by atoms with Crippen molar-refractivity contribution in [3.05, 3.63) is 42.5 Å². The first kappa shape index (κ1) is 17.1. The zero-order valence-corrected chi connectivity index (χ0v) is 14.6. The van der Waals surface area contributed by atoms with E-state index in [0.717, 1.165) is 50.7 Å². The van der Waals surface area contributed by atoms with Crippen LogP contribution in [0.2, 0.25) is 0 Å². The molecule has 0 atom stereocenters. The normalized spacial score (nSPS) is 14.4. The molecular formula is C18H24N6O. The van der Waals surface area contributed by atoms with Gasteiger partial charge in [-0.3, -0.25) is 9.78 Å². The summed E-state index contributed by atoms with van der Waals surface area (Å²) in [6, 6.07) is 5.65. The molecule has 0 spiro atoms. The van der Waals surface area contributed by atoms with Gasteiger partial charge in [0.15, 0.2) is 0 Å². The van der Waals surface area contributed by atoms with Crippen LogP contribution in [-0.2, 0) is 0 Å². The third-order valence-electron chi connectivity index (χ3n) is 4.27. The van der Waals surface area contributed by atoms with Gasteiger partial charge in [0, 0.05) is 57.0 Å². The first-order valence-electron chi connectivity index (χ1n) is 8.79. The minimum Gasteiger partial charge on any atom is -0.368 e. The van der Waals surface area contributed by atoms with E-state index in [1.54, 1.807) is 18.6 Å². The third-order valence-corrected chi connectivity index (χ3v) is 4.27. The first-order valence-corrected chi connectivity index (χ1v) is 8.79. The van der Waals surface area contributed by atoms with Crippen molar-refractivity contribution in [2.45, 2.75) is 19.8 Å². The molecule has 0 radical (unpaired) electrons. The fraction of sp³-hybridized carbons (Fsp3) is 0.444. The van der Waals surface area contributed by atoms with Crippen molar-refractivity contribution in [1.82, 2.24) is 20.3 Å². The van der Waals surface area contributed by atoms with Crippen LogP contribution in [0.15, 0.2) is 36.8 Å². The van der Waals surface area contributed by atoms with Crippen molar-refractivity contribution in [3.63, 3.8) is 0 Å². The number of rotatable bonds is 6. The quantitative estimate of drug-likeness (QED) is 0.807. The van der Waals surface area contributed by atoms with E-state index < -0.39 is 0 Å². The number of piperazine rings is 1. The van der Waals surface area contributed by atoms with Gasteiger partial charge in [0.05, 0.1) is 0 Å². The van der Waals surface area contributed by atoms with Crippen LogP contribution in [0.25, 0.3) is 0 Å². The van der Waals surface area contributed by atoms with Crippen molar-refractivity contribution < 1.29 is 4.79 Å². The fourth-order valence-corrected chi connectivity index (χ4v) is 2.83. The summed E-state index contributed by atoms with van der Waals surface area (Å²) < 4.78 is 0. The second kappa shape index (κ2) is 8.41. The van der Waals surface area contributed by atoms with Crippen LogP contribution in [0.4, 0.5) is 11.6 Å². The molecule has 3 heterocycles. The number of nitrogens with zero attached hydrogens (tertiary/aromatic N) is 5. The monoisotopic (exact) mass is 340 g/mol. The number of aromatic nitrogens is 3. The summed E-state index contributed by atoms with van der Waals surface area (Å²) in [4.78, 5) is 29.4. The Hall–Kier alpha value is -2.70. The highest BCUT2D eigenvalue weighted by Gasteiger charge is 2.20. The summed E-state index contributed by atoms with van der Waals surface area (Å²) in [6.45, 7) is 6.22. The molecule has 1 N–H and O–H groups in total. The molecule has 1 amide bonds. The van der Waals surface area contributed by atoms with E-state index in [4.69, 9.17) is 0 Å². The predicted octanol–water partition coefficient (Wildman–Crippen LogP) is 1.73. The van der Waals surface area contributed by atoms with E-state index in [1.807, 2.05) is 18.2 Å². The number of carbonyl (C=O) groups is 1. The smallest absolute Gasteiger partial charge is 0.269 e. The van der Waals surface area contributed by atoms with Gasteiger partial charge in [0.25, 0.3) is 5.91 Å². The molecule has 7 nitrogen and oxygen atoms in total. The molecule has 0 aliphatic carbocycles. The van der Waals surface area contributed by atoms with Crippen LogP contribution in [0.3, 0.4) is 0 Å². The van der Waals surface area contributed by atoms with Crippen LogP contribution < -0.4 is 15.1 Å². The molecule has 1 saturated heterocycles. The molecule has 25 heavy (non-hydrogen) atoms. The van der Waals surface area contributed by atoms with Gasteiger partial charge in [-0.25, -0.2) is 9.97 Å². The molecule has 1 fully saturated rings. The molecule has 1 aliphatic heterocycles. The number of nitrogens with one attached hydrogen (secondary N) is 1. The molecule has 0 aromatic carbocycles. The second-order valence-corrected chi connectivity index (χ2v) is 6.03. The maximum Gasteiger partial charge on any atom is 0.269 e. The lowest BCUT2D eigenvalue weighted by Crippen LogP contribution is -2.47. The summed E-state index contributed by atoms with van der Waals surface area (Å²) in [5.41, 5.74) is 1.51. The van der Waals surface area contributed by atoms with Crippen molar-refractivity contribution in [2.24, 2.45) is 0 Å². The number of carbonyl (C=O) groups excluding carboxylic acids is 1. The van der Waals surface area contributed by atoms with Gasteiger partial charge in [-0.15, -0.1) is 0 Å². The molecule has 2 aromatic rings. The molecule has 132 valence electrons. The minimum atomic E-state index is -0.105. The minimum absolute atomic E-state index is 0.105. The van der Waals surface area contributed by atoms with E-state index in [0.29, 0.717) is 12.2 Å². The van der Waals surface area contributed by atoms with Crippen molar-refractivity contribution in [3.8, 4) is 0 Å². The Morgan fingerprint density at radius 1 is 1.08 bits per heavy atom.